The lowest BCUT2D eigenvalue weighted by atomic mass is 10.0. The van der Waals surface area contributed by atoms with Gasteiger partial charge >= 0.3 is 6.09 Å². The van der Waals surface area contributed by atoms with Crippen molar-refractivity contribution in [1.29, 1.82) is 0 Å². The van der Waals surface area contributed by atoms with E-state index in [1.165, 1.54) is 5.56 Å². The molecule has 1 aromatic rings. The summed E-state index contributed by atoms with van der Waals surface area (Å²) in [6.07, 6.45) is -0.268. The lowest BCUT2D eigenvalue weighted by molar-refractivity contribution is 0.156. The van der Waals surface area contributed by atoms with Crippen molar-refractivity contribution < 1.29 is 9.53 Å². The molecule has 0 radical (unpaired) electrons. The highest BCUT2D eigenvalue weighted by atomic mass is 16.6. The number of cyclic esters (lactones) is 1. The molecule has 1 aromatic carbocycles. The summed E-state index contributed by atoms with van der Waals surface area (Å²) in [5.74, 6) is 0. The van der Waals surface area contributed by atoms with Crippen LogP contribution in [-0.2, 0) is 4.74 Å². The number of nitrogens with two attached hydrogens (primary N) is 1. The van der Waals surface area contributed by atoms with Crippen LogP contribution in [0.2, 0.25) is 0 Å². The minimum Gasteiger partial charge on any atom is -0.447 e. The predicted octanol–water partition coefficient (Wildman–Crippen LogP) is 1.84. The lowest BCUT2D eigenvalue weighted by Gasteiger charge is -2.24. The average Bonchev–Trinajstić information content (AvgIpc) is 2.61. The number of hydrogen-bond acceptors (Lipinski definition) is 3. The Labute approximate surface area is 101 Å². The normalized spacial score (nSPS) is 21.5. The fourth-order valence-electron chi connectivity index (χ4n) is 2.18. The summed E-state index contributed by atoms with van der Waals surface area (Å²) in [5.41, 5.74) is 8.07. The van der Waals surface area contributed by atoms with Crippen molar-refractivity contribution in [1.82, 2.24) is 4.90 Å². The van der Waals surface area contributed by atoms with Gasteiger partial charge in [0, 0.05) is 12.6 Å². The summed E-state index contributed by atoms with van der Waals surface area (Å²) in [6.45, 7) is 4.87. The fourth-order valence-corrected chi connectivity index (χ4v) is 2.18. The van der Waals surface area contributed by atoms with Crippen molar-refractivity contribution in [2.75, 3.05) is 13.2 Å². The number of rotatable bonds is 3. The van der Waals surface area contributed by atoms with E-state index in [0.717, 1.165) is 5.56 Å². The van der Waals surface area contributed by atoms with E-state index in [0.29, 0.717) is 13.2 Å². The van der Waals surface area contributed by atoms with Crippen LogP contribution in [0.4, 0.5) is 4.79 Å². The van der Waals surface area contributed by atoms with Crippen LogP contribution in [0.1, 0.15) is 24.1 Å². The number of aryl methyl sites for hydroxylation is 1. The highest BCUT2D eigenvalue weighted by molar-refractivity contribution is 5.70. The molecule has 0 aromatic heterocycles. The molecule has 2 rings (SSSR count). The molecule has 2 atom stereocenters. The molecule has 92 valence electrons. The largest absolute Gasteiger partial charge is 0.447 e. The van der Waals surface area contributed by atoms with Crippen LogP contribution in [0.5, 0.6) is 0 Å². The third-order valence-electron chi connectivity index (χ3n) is 3.01. The van der Waals surface area contributed by atoms with Gasteiger partial charge < -0.3 is 10.5 Å². The molecule has 1 aliphatic rings. The van der Waals surface area contributed by atoms with Crippen LogP contribution in [-0.4, -0.2) is 30.2 Å². The molecule has 0 saturated carbocycles. The van der Waals surface area contributed by atoms with Gasteiger partial charge in [-0.05, 0) is 25.0 Å². The average molecular weight is 234 g/mol. The van der Waals surface area contributed by atoms with E-state index in [9.17, 15) is 4.79 Å². The van der Waals surface area contributed by atoms with Crippen molar-refractivity contribution >= 4 is 6.09 Å². The number of carbonyl (C=O) groups excluding carboxylic acids is 1. The van der Waals surface area contributed by atoms with E-state index in [1.807, 2.05) is 38.1 Å². The first-order valence-electron chi connectivity index (χ1n) is 5.84. The molecule has 0 bridgehead atoms. The van der Waals surface area contributed by atoms with Gasteiger partial charge in [0.1, 0.15) is 6.61 Å². The summed E-state index contributed by atoms with van der Waals surface area (Å²) in [6, 6.07) is 8.00. The summed E-state index contributed by atoms with van der Waals surface area (Å²) >= 11 is 0. The fraction of sp³-hybridized carbons (Fsp3) is 0.462. The van der Waals surface area contributed by atoms with E-state index in [1.54, 1.807) is 4.90 Å². The van der Waals surface area contributed by atoms with E-state index in [2.05, 4.69) is 0 Å². The molecule has 1 heterocycles. The molecule has 0 aliphatic carbocycles. The molecule has 1 saturated heterocycles. The van der Waals surface area contributed by atoms with Gasteiger partial charge in [0.05, 0.1) is 6.04 Å². The Morgan fingerprint density at radius 2 is 2.24 bits per heavy atom. The van der Waals surface area contributed by atoms with Crippen molar-refractivity contribution in [3.8, 4) is 0 Å². The lowest BCUT2D eigenvalue weighted by Crippen LogP contribution is -2.37. The minimum absolute atomic E-state index is 0.00491. The first-order chi connectivity index (χ1) is 8.09. The Hall–Kier alpha value is -1.55. The Morgan fingerprint density at radius 1 is 1.53 bits per heavy atom. The number of hydrogen-bond donors (Lipinski definition) is 1. The second kappa shape index (κ2) is 4.75. The van der Waals surface area contributed by atoms with Gasteiger partial charge in [0.25, 0.3) is 0 Å². The smallest absolute Gasteiger partial charge is 0.410 e. The SMILES string of the molecule is Cc1ccccc1C1COC(=O)N1CC(C)N. The molecule has 4 nitrogen and oxygen atoms in total. The zero-order valence-corrected chi connectivity index (χ0v) is 10.2. The van der Waals surface area contributed by atoms with Gasteiger partial charge in [0.2, 0.25) is 0 Å². The van der Waals surface area contributed by atoms with Crippen LogP contribution < -0.4 is 5.73 Å². The molecule has 1 aliphatic heterocycles. The number of carbonyl (C=O) groups is 1. The molecule has 2 unspecified atom stereocenters. The first kappa shape index (κ1) is 11.9. The van der Waals surface area contributed by atoms with E-state index >= 15 is 0 Å². The van der Waals surface area contributed by atoms with Crippen molar-refractivity contribution in [3.05, 3.63) is 35.4 Å². The standard InChI is InChI=1S/C13H18N2O2/c1-9-5-3-4-6-11(9)12-8-17-13(16)15(12)7-10(2)14/h3-6,10,12H,7-8,14H2,1-2H3. The Balaban J connectivity index is 2.25. The zero-order valence-electron chi connectivity index (χ0n) is 10.2. The minimum atomic E-state index is -0.268. The van der Waals surface area contributed by atoms with Crippen LogP contribution in [0, 0.1) is 6.92 Å². The maximum atomic E-state index is 11.7. The maximum absolute atomic E-state index is 11.7. The molecule has 4 heteroatoms. The van der Waals surface area contributed by atoms with Gasteiger partial charge in [-0.15, -0.1) is 0 Å². The molecule has 17 heavy (non-hydrogen) atoms. The van der Waals surface area contributed by atoms with E-state index in [-0.39, 0.29) is 18.2 Å². The number of benzene rings is 1. The van der Waals surface area contributed by atoms with Gasteiger partial charge in [-0.3, -0.25) is 4.90 Å². The molecular weight excluding hydrogens is 216 g/mol. The summed E-state index contributed by atoms with van der Waals surface area (Å²) in [4.78, 5) is 13.4. The van der Waals surface area contributed by atoms with E-state index < -0.39 is 0 Å². The monoisotopic (exact) mass is 234 g/mol. The van der Waals surface area contributed by atoms with Gasteiger partial charge in [-0.1, -0.05) is 24.3 Å². The van der Waals surface area contributed by atoms with Gasteiger partial charge in [0.15, 0.2) is 0 Å². The van der Waals surface area contributed by atoms with Gasteiger partial charge in [-0.25, -0.2) is 4.79 Å². The number of nitrogens with zero attached hydrogens (tertiary/aromatic N) is 1. The third-order valence-corrected chi connectivity index (χ3v) is 3.01. The first-order valence-corrected chi connectivity index (χ1v) is 5.84. The summed E-state index contributed by atoms with van der Waals surface area (Å²) < 4.78 is 5.12. The Kier molecular flexibility index (Phi) is 3.33. The maximum Gasteiger partial charge on any atom is 0.410 e. The van der Waals surface area contributed by atoms with Crippen molar-refractivity contribution in [3.63, 3.8) is 0 Å². The highest BCUT2D eigenvalue weighted by Crippen LogP contribution is 2.29. The number of amides is 1. The van der Waals surface area contributed by atoms with Crippen LogP contribution in [0.3, 0.4) is 0 Å². The predicted molar refractivity (Wildman–Crippen MR) is 65.6 cm³/mol. The van der Waals surface area contributed by atoms with Crippen LogP contribution in [0.25, 0.3) is 0 Å². The zero-order chi connectivity index (χ0) is 12.4. The highest BCUT2D eigenvalue weighted by Gasteiger charge is 2.34. The van der Waals surface area contributed by atoms with Gasteiger partial charge in [-0.2, -0.15) is 0 Å². The number of ether oxygens (including phenoxy) is 1. The molecule has 1 fully saturated rings. The molecular formula is C13H18N2O2. The van der Waals surface area contributed by atoms with Crippen LogP contribution >= 0.6 is 0 Å². The topological polar surface area (TPSA) is 55.6 Å². The van der Waals surface area contributed by atoms with Crippen molar-refractivity contribution in [2.24, 2.45) is 5.73 Å². The second-order valence-electron chi connectivity index (χ2n) is 4.58. The Bertz CT molecular complexity index is 418. The molecule has 0 spiro atoms. The van der Waals surface area contributed by atoms with Crippen LogP contribution in [0.15, 0.2) is 24.3 Å². The Morgan fingerprint density at radius 3 is 2.88 bits per heavy atom. The third kappa shape index (κ3) is 2.42. The quantitative estimate of drug-likeness (QED) is 0.868. The molecule has 2 N–H and O–H groups in total. The summed E-state index contributed by atoms with van der Waals surface area (Å²) in [7, 11) is 0. The second-order valence-corrected chi connectivity index (χ2v) is 4.58. The molecule has 1 amide bonds. The summed E-state index contributed by atoms with van der Waals surface area (Å²) in [5, 5.41) is 0. The van der Waals surface area contributed by atoms with E-state index in [4.69, 9.17) is 10.5 Å². The van der Waals surface area contributed by atoms with Crippen molar-refractivity contribution in [2.45, 2.75) is 25.9 Å².